The number of ether oxygens (including phenoxy) is 3. The summed E-state index contributed by atoms with van der Waals surface area (Å²) in [5.41, 5.74) is 2.23. The van der Waals surface area contributed by atoms with Crippen LogP contribution in [0.3, 0.4) is 0 Å². The van der Waals surface area contributed by atoms with Gasteiger partial charge in [0.1, 0.15) is 17.1 Å². The molecule has 1 aliphatic carbocycles. The zero-order valence-electron chi connectivity index (χ0n) is 24.2. The van der Waals surface area contributed by atoms with Crippen LogP contribution in [0.1, 0.15) is 114 Å². The smallest absolute Gasteiger partial charge is 0.306 e. The van der Waals surface area contributed by atoms with Gasteiger partial charge in [0, 0.05) is 12.3 Å². The lowest BCUT2D eigenvalue weighted by Gasteiger charge is -2.42. The number of unbranched alkanes of at least 4 members (excludes halogenated alkanes) is 7. The average molecular weight is 525 g/mol. The van der Waals surface area contributed by atoms with Crippen LogP contribution in [0.15, 0.2) is 42.5 Å². The molecule has 0 heterocycles. The van der Waals surface area contributed by atoms with Crippen molar-refractivity contribution < 1.29 is 24.1 Å². The minimum Gasteiger partial charge on any atom is -0.497 e. The van der Waals surface area contributed by atoms with Crippen molar-refractivity contribution in [2.45, 2.75) is 115 Å². The summed E-state index contributed by atoms with van der Waals surface area (Å²) >= 11 is 0. The van der Waals surface area contributed by atoms with Gasteiger partial charge in [-0.05, 0) is 87.4 Å². The van der Waals surface area contributed by atoms with Gasteiger partial charge in [-0.3, -0.25) is 4.79 Å². The first-order valence-corrected chi connectivity index (χ1v) is 14.4. The number of esters is 1. The van der Waals surface area contributed by atoms with Crippen molar-refractivity contribution in [2.24, 2.45) is 0 Å². The SMILES string of the molecule is COc1ccc(C2(O)CCc3cc(OC)ccc3C2CCCCCCCCCCC(=O)OC(C)(C)C)cc1. The molecular formula is C33H48O5. The number of rotatable bonds is 14. The largest absolute Gasteiger partial charge is 0.497 e. The van der Waals surface area contributed by atoms with Gasteiger partial charge in [0.25, 0.3) is 0 Å². The molecule has 0 bridgehead atoms. The van der Waals surface area contributed by atoms with Crippen molar-refractivity contribution in [1.29, 1.82) is 0 Å². The zero-order valence-corrected chi connectivity index (χ0v) is 24.2. The van der Waals surface area contributed by atoms with Gasteiger partial charge < -0.3 is 19.3 Å². The van der Waals surface area contributed by atoms with Gasteiger partial charge in [-0.15, -0.1) is 0 Å². The molecule has 210 valence electrons. The predicted octanol–water partition coefficient (Wildman–Crippen LogP) is 7.86. The third-order valence-electron chi connectivity index (χ3n) is 7.71. The Bertz CT molecular complexity index is 1010. The van der Waals surface area contributed by atoms with Crippen LogP contribution < -0.4 is 9.47 Å². The van der Waals surface area contributed by atoms with E-state index >= 15 is 0 Å². The molecule has 2 aromatic carbocycles. The predicted molar refractivity (Wildman–Crippen MR) is 153 cm³/mol. The van der Waals surface area contributed by atoms with E-state index in [9.17, 15) is 9.90 Å². The molecule has 5 heteroatoms. The van der Waals surface area contributed by atoms with Crippen LogP contribution in [0.4, 0.5) is 0 Å². The van der Waals surface area contributed by atoms with Crippen molar-refractivity contribution in [3.8, 4) is 11.5 Å². The monoisotopic (exact) mass is 524 g/mol. The molecule has 0 spiro atoms. The first kappa shape index (κ1) is 30.0. The molecule has 1 N–H and O–H groups in total. The molecule has 2 aromatic rings. The van der Waals surface area contributed by atoms with Crippen molar-refractivity contribution in [2.75, 3.05) is 14.2 Å². The highest BCUT2D eigenvalue weighted by atomic mass is 16.6. The van der Waals surface area contributed by atoms with Crippen molar-refractivity contribution in [3.63, 3.8) is 0 Å². The number of benzene rings is 2. The van der Waals surface area contributed by atoms with Crippen LogP contribution in [0.5, 0.6) is 11.5 Å². The molecule has 0 aliphatic heterocycles. The molecule has 0 amide bonds. The van der Waals surface area contributed by atoms with Gasteiger partial charge >= 0.3 is 5.97 Å². The van der Waals surface area contributed by atoms with E-state index in [2.05, 4.69) is 12.1 Å². The number of aliphatic hydroxyl groups is 1. The van der Waals surface area contributed by atoms with Crippen LogP contribution >= 0.6 is 0 Å². The highest BCUT2D eigenvalue weighted by Gasteiger charge is 2.42. The van der Waals surface area contributed by atoms with E-state index in [1.807, 2.05) is 51.1 Å². The number of carbonyl (C=O) groups is 1. The Kier molecular flexibility index (Phi) is 11.1. The summed E-state index contributed by atoms with van der Waals surface area (Å²) in [4.78, 5) is 11.8. The van der Waals surface area contributed by atoms with E-state index in [4.69, 9.17) is 14.2 Å². The lowest BCUT2D eigenvalue weighted by atomic mass is 9.67. The third-order valence-corrected chi connectivity index (χ3v) is 7.71. The van der Waals surface area contributed by atoms with Gasteiger partial charge in [0.05, 0.1) is 19.8 Å². The molecule has 0 saturated carbocycles. The topological polar surface area (TPSA) is 65.0 Å². The fraction of sp³-hybridized carbons (Fsp3) is 0.606. The fourth-order valence-electron chi connectivity index (χ4n) is 5.71. The van der Waals surface area contributed by atoms with E-state index in [1.54, 1.807) is 14.2 Å². The molecule has 0 aromatic heterocycles. The molecular weight excluding hydrogens is 476 g/mol. The highest BCUT2D eigenvalue weighted by Crippen LogP contribution is 2.49. The number of methoxy groups -OCH3 is 2. The Morgan fingerprint density at radius 2 is 1.45 bits per heavy atom. The van der Waals surface area contributed by atoms with Crippen molar-refractivity contribution in [1.82, 2.24) is 0 Å². The normalized spacial score (nSPS) is 19.1. The van der Waals surface area contributed by atoms with Crippen LogP contribution in [0.2, 0.25) is 0 Å². The van der Waals surface area contributed by atoms with E-state index in [0.717, 1.165) is 55.6 Å². The second kappa shape index (κ2) is 14.0. The Balaban J connectivity index is 1.49. The number of carbonyl (C=O) groups excluding carboxylic acids is 1. The average Bonchev–Trinajstić information content (AvgIpc) is 2.89. The van der Waals surface area contributed by atoms with Gasteiger partial charge in [-0.1, -0.05) is 63.1 Å². The molecule has 3 rings (SSSR count). The highest BCUT2D eigenvalue weighted by molar-refractivity contribution is 5.69. The van der Waals surface area contributed by atoms with Crippen LogP contribution in [0, 0.1) is 0 Å². The summed E-state index contributed by atoms with van der Waals surface area (Å²) < 4.78 is 16.2. The van der Waals surface area contributed by atoms with Crippen LogP contribution in [0.25, 0.3) is 0 Å². The van der Waals surface area contributed by atoms with Crippen molar-refractivity contribution >= 4 is 5.97 Å². The summed E-state index contributed by atoms with van der Waals surface area (Å²) in [5.74, 6) is 1.65. The van der Waals surface area contributed by atoms with E-state index in [1.165, 1.54) is 36.8 Å². The minimum atomic E-state index is -0.887. The van der Waals surface area contributed by atoms with Gasteiger partial charge in [0.15, 0.2) is 0 Å². The Morgan fingerprint density at radius 3 is 2.05 bits per heavy atom. The Morgan fingerprint density at radius 1 is 0.868 bits per heavy atom. The maximum atomic E-state index is 12.1. The lowest BCUT2D eigenvalue weighted by Crippen LogP contribution is -2.38. The summed E-state index contributed by atoms with van der Waals surface area (Å²) in [5, 5.41) is 12.1. The molecule has 2 atom stereocenters. The third kappa shape index (κ3) is 8.49. The van der Waals surface area contributed by atoms with Crippen molar-refractivity contribution in [3.05, 3.63) is 59.2 Å². The zero-order chi connectivity index (χ0) is 27.6. The number of hydrogen-bond acceptors (Lipinski definition) is 5. The molecule has 0 fully saturated rings. The number of hydrogen-bond donors (Lipinski definition) is 1. The Hall–Kier alpha value is -2.53. The maximum absolute atomic E-state index is 12.1. The summed E-state index contributed by atoms with van der Waals surface area (Å²) in [6.45, 7) is 5.73. The van der Waals surface area contributed by atoms with Gasteiger partial charge in [-0.2, -0.15) is 0 Å². The summed E-state index contributed by atoms with van der Waals surface area (Å²) in [7, 11) is 3.37. The fourth-order valence-corrected chi connectivity index (χ4v) is 5.71. The quantitative estimate of drug-likeness (QED) is 0.201. The summed E-state index contributed by atoms with van der Waals surface area (Å²) in [6.07, 6.45) is 12.0. The molecule has 38 heavy (non-hydrogen) atoms. The number of aryl methyl sites for hydroxylation is 1. The first-order valence-electron chi connectivity index (χ1n) is 14.4. The molecule has 0 saturated heterocycles. The van der Waals surface area contributed by atoms with E-state index in [0.29, 0.717) is 12.8 Å². The summed E-state index contributed by atoms with van der Waals surface area (Å²) in [6, 6.07) is 14.2. The van der Waals surface area contributed by atoms with Gasteiger partial charge in [0.2, 0.25) is 0 Å². The standard InChI is InChI=1S/C33H48O5/c1-32(2,3)38-31(34)15-13-11-9-7-6-8-10-12-14-30-29-21-20-28(37-5)24-25(29)22-23-33(30,35)26-16-18-27(36-4)19-17-26/h16-21,24,30,35H,6-15,22-23H2,1-5H3. The van der Waals surface area contributed by atoms with Crippen LogP contribution in [-0.4, -0.2) is 30.9 Å². The minimum absolute atomic E-state index is 0.0541. The Labute approximate surface area is 229 Å². The molecule has 2 unspecified atom stereocenters. The second-order valence-corrected chi connectivity index (χ2v) is 11.7. The number of fused-ring (bicyclic) bond motifs is 1. The lowest BCUT2D eigenvalue weighted by molar-refractivity contribution is -0.154. The molecule has 5 nitrogen and oxygen atoms in total. The first-order chi connectivity index (χ1) is 18.2. The van der Waals surface area contributed by atoms with E-state index < -0.39 is 11.2 Å². The second-order valence-electron chi connectivity index (χ2n) is 11.7. The maximum Gasteiger partial charge on any atom is 0.306 e. The van der Waals surface area contributed by atoms with E-state index in [-0.39, 0.29) is 11.9 Å². The van der Waals surface area contributed by atoms with Gasteiger partial charge in [-0.25, -0.2) is 0 Å². The molecule has 0 radical (unpaired) electrons. The van der Waals surface area contributed by atoms with Crippen LogP contribution in [-0.2, 0) is 21.6 Å². The molecule has 1 aliphatic rings.